The Hall–Kier alpha value is -1.06. The lowest BCUT2D eigenvalue weighted by Gasteiger charge is -2.29. The van der Waals surface area contributed by atoms with Gasteiger partial charge in [0.2, 0.25) is 0 Å². The van der Waals surface area contributed by atoms with E-state index in [4.69, 9.17) is 4.74 Å². The van der Waals surface area contributed by atoms with Gasteiger partial charge in [0, 0.05) is 31.9 Å². The fraction of sp³-hybridized carbons (Fsp3) is 0.625. The number of aryl methyl sites for hydroxylation is 1. The first kappa shape index (κ1) is 16.0. The largest absolute Gasteiger partial charge is 0.383 e. The van der Waals surface area contributed by atoms with Crippen LogP contribution in [0.5, 0.6) is 0 Å². The highest BCUT2D eigenvalue weighted by Gasteiger charge is 2.13. The lowest BCUT2D eigenvalue weighted by Crippen LogP contribution is -2.44. The fourth-order valence-electron chi connectivity index (χ4n) is 2.23. The zero-order valence-electron chi connectivity index (χ0n) is 12.8. The molecule has 0 radical (unpaired) electrons. The number of anilines is 1. The van der Waals surface area contributed by atoms with Crippen molar-refractivity contribution in [1.29, 1.82) is 0 Å². The van der Waals surface area contributed by atoms with Gasteiger partial charge in [0.15, 0.2) is 0 Å². The molecule has 1 N–H and O–H groups in total. The van der Waals surface area contributed by atoms with Crippen LogP contribution in [0, 0.1) is 6.92 Å². The third-order valence-corrected chi connectivity index (χ3v) is 3.24. The van der Waals surface area contributed by atoms with Gasteiger partial charge >= 0.3 is 0 Å². The lowest BCUT2D eigenvalue weighted by molar-refractivity contribution is 0.168. The average Bonchev–Trinajstić information content (AvgIpc) is 2.41. The standard InChI is InChI=1S/C16H28N2O/c1-5-10-17-15(13-19-4)12-18(6-2)16-9-7-8-14(3)11-16/h7-9,11,15,17H,5-6,10,12-13H2,1-4H3. The van der Waals surface area contributed by atoms with E-state index in [0.717, 1.165) is 32.7 Å². The second kappa shape index (κ2) is 8.94. The van der Waals surface area contributed by atoms with E-state index < -0.39 is 0 Å². The van der Waals surface area contributed by atoms with Crippen molar-refractivity contribution in [3.05, 3.63) is 29.8 Å². The topological polar surface area (TPSA) is 24.5 Å². The highest BCUT2D eigenvalue weighted by Crippen LogP contribution is 2.16. The van der Waals surface area contributed by atoms with Crippen LogP contribution in [0.4, 0.5) is 5.69 Å². The van der Waals surface area contributed by atoms with Gasteiger partial charge in [-0.1, -0.05) is 19.1 Å². The molecule has 0 saturated carbocycles. The zero-order valence-corrected chi connectivity index (χ0v) is 12.8. The Bertz CT molecular complexity index is 354. The van der Waals surface area contributed by atoms with E-state index in [1.54, 1.807) is 7.11 Å². The first-order chi connectivity index (χ1) is 9.21. The molecule has 0 spiro atoms. The van der Waals surface area contributed by atoms with Gasteiger partial charge in [0.25, 0.3) is 0 Å². The SMILES string of the molecule is CCCNC(COC)CN(CC)c1cccc(C)c1. The minimum atomic E-state index is 0.380. The summed E-state index contributed by atoms with van der Waals surface area (Å²) < 4.78 is 5.32. The number of methoxy groups -OCH3 is 1. The van der Waals surface area contributed by atoms with Crippen molar-refractivity contribution < 1.29 is 4.74 Å². The number of hydrogen-bond acceptors (Lipinski definition) is 3. The predicted octanol–water partition coefficient (Wildman–Crippen LogP) is 2.84. The van der Waals surface area contributed by atoms with Gasteiger partial charge < -0.3 is 15.0 Å². The highest BCUT2D eigenvalue weighted by molar-refractivity contribution is 5.48. The van der Waals surface area contributed by atoms with Gasteiger partial charge in [0.05, 0.1) is 6.61 Å². The maximum atomic E-state index is 5.32. The Morgan fingerprint density at radius 2 is 2.11 bits per heavy atom. The second-order valence-corrected chi connectivity index (χ2v) is 4.98. The van der Waals surface area contributed by atoms with Gasteiger partial charge in [0.1, 0.15) is 0 Å². The first-order valence-corrected chi connectivity index (χ1v) is 7.25. The van der Waals surface area contributed by atoms with Crippen LogP contribution in [-0.2, 0) is 4.74 Å². The Labute approximate surface area is 118 Å². The maximum Gasteiger partial charge on any atom is 0.0633 e. The van der Waals surface area contributed by atoms with E-state index in [1.807, 2.05) is 0 Å². The van der Waals surface area contributed by atoms with Crippen LogP contribution in [0.15, 0.2) is 24.3 Å². The van der Waals surface area contributed by atoms with E-state index in [2.05, 4.69) is 55.3 Å². The molecule has 1 unspecified atom stereocenters. The summed E-state index contributed by atoms with van der Waals surface area (Å²) in [6.45, 7) is 10.3. The normalized spacial score (nSPS) is 12.4. The molecule has 0 aliphatic carbocycles. The molecule has 0 bridgehead atoms. The summed E-state index contributed by atoms with van der Waals surface area (Å²) in [4.78, 5) is 2.40. The van der Waals surface area contributed by atoms with Crippen molar-refractivity contribution in [2.24, 2.45) is 0 Å². The van der Waals surface area contributed by atoms with Gasteiger partial charge in [-0.25, -0.2) is 0 Å². The number of benzene rings is 1. The third-order valence-electron chi connectivity index (χ3n) is 3.24. The molecule has 0 amide bonds. The van der Waals surface area contributed by atoms with Crippen LogP contribution in [0.25, 0.3) is 0 Å². The van der Waals surface area contributed by atoms with Crippen LogP contribution in [0.2, 0.25) is 0 Å². The average molecular weight is 264 g/mol. The van der Waals surface area contributed by atoms with E-state index in [-0.39, 0.29) is 0 Å². The van der Waals surface area contributed by atoms with Gasteiger partial charge in [-0.3, -0.25) is 0 Å². The second-order valence-electron chi connectivity index (χ2n) is 4.98. The monoisotopic (exact) mass is 264 g/mol. The summed E-state index contributed by atoms with van der Waals surface area (Å²) in [6.07, 6.45) is 1.15. The number of ether oxygens (including phenoxy) is 1. The van der Waals surface area contributed by atoms with Crippen molar-refractivity contribution >= 4 is 5.69 Å². The predicted molar refractivity (Wildman–Crippen MR) is 83.0 cm³/mol. The van der Waals surface area contributed by atoms with Crippen molar-refractivity contribution in [2.45, 2.75) is 33.2 Å². The van der Waals surface area contributed by atoms with Crippen molar-refractivity contribution in [2.75, 3.05) is 38.3 Å². The van der Waals surface area contributed by atoms with Crippen molar-refractivity contribution in [1.82, 2.24) is 5.32 Å². The van der Waals surface area contributed by atoms with E-state index in [1.165, 1.54) is 11.3 Å². The number of nitrogens with zero attached hydrogens (tertiary/aromatic N) is 1. The van der Waals surface area contributed by atoms with Crippen LogP contribution >= 0.6 is 0 Å². The number of rotatable bonds is 9. The van der Waals surface area contributed by atoms with Gasteiger partial charge in [-0.05, 0) is 44.5 Å². The number of nitrogens with one attached hydrogen (secondary N) is 1. The molecule has 0 aromatic heterocycles. The zero-order chi connectivity index (χ0) is 14.1. The van der Waals surface area contributed by atoms with Crippen LogP contribution < -0.4 is 10.2 Å². The molecule has 108 valence electrons. The molecule has 1 aromatic rings. The van der Waals surface area contributed by atoms with Crippen molar-refractivity contribution in [3.8, 4) is 0 Å². The van der Waals surface area contributed by atoms with E-state index in [0.29, 0.717) is 6.04 Å². The molecule has 1 atom stereocenters. The van der Waals surface area contributed by atoms with Gasteiger partial charge in [-0.15, -0.1) is 0 Å². The summed E-state index contributed by atoms with van der Waals surface area (Å²) in [5, 5.41) is 3.55. The smallest absolute Gasteiger partial charge is 0.0633 e. The molecule has 0 aliphatic rings. The highest BCUT2D eigenvalue weighted by atomic mass is 16.5. The molecule has 0 saturated heterocycles. The van der Waals surface area contributed by atoms with Crippen LogP contribution in [-0.4, -0.2) is 39.4 Å². The summed E-state index contributed by atoms with van der Waals surface area (Å²) >= 11 is 0. The first-order valence-electron chi connectivity index (χ1n) is 7.25. The molecular formula is C16H28N2O. The summed E-state index contributed by atoms with van der Waals surface area (Å²) in [6, 6.07) is 9.07. The number of hydrogen-bond donors (Lipinski definition) is 1. The lowest BCUT2D eigenvalue weighted by atomic mass is 10.2. The molecule has 0 aliphatic heterocycles. The quantitative estimate of drug-likeness (QED) is 0.742. The molecule has 0 heterocycles. The summed E-state index contributed by atoms with van der Waals surface area (Å²) in [7, 11) is 1.77. The molecule has 19 heavy (non-hydrogen) atoms. The molecular weight excluding hydrogens is 236 g/mol. The van der Waals surface area contributed by atoms with Crippen molar-refractivity contribution in [3.63, 3.8) is 0 Å². The maximum absolute atomic E-state index is 5.32. The summed E-state index contributed by atoms with van der Waals surface area (Å²) in [5.41, 5.74) is 2.60. The number of likely N-dealkylation sites (N-methyl/N-ethyl adjacent to an activating group) is 1. The Morgan fingerprint density at radius 1 is 1.32 bits per heavy atom. The van der Waals surface area contributed by atoms with E-state index in [9.17, 15) is 0 Å². The summed E-state index contributed by atoms with van der Waals surface area (Å²) in [5.74, 6) is 0. The molecule has 3 nitrogen and oxygen atoms in total. The third kappa shape index (κ3) is 5.62. The van der Waals surface area contributed by atoms with E-state index >= 15 is 0 Å². The Morgan fingerprint density at radius 3 is 2.68 bits per heavy atom. The minimum Gasteiger partial charge on any atom is -0.383 e. The van der Waals surface area contributed by atoms with Gasteiger partial charge in [-0.2, -0.15) is 0 Å². The fourth-order valence-corrected chi connectivity index (χ4v) is 2.23. The molecule has 1 rings (SSSR count). The Kier molecular flexibility index (Phi) is 7.53. The molecule has 0 fully saturated rings. The Balaban J connectivity index is 2.67. The van der Waals surface area contributed by atoms with Crippen LogP contribution in [0.1, 0.15) is 25.8 Å². The molecule has 3 heteroatoms. The minimum absolute atomic E-state index is 0.380. The molecule has 1 aromatic carbocycles. The van der Waals surface area contributed by atoms with Crippen LogP contribution in [0.3, 0.4) is 0 Å².